The molecule has 2 rings (SSSR count). The Morgan fingerprint density at radius 1 is 0.889 bits per heavy atom. The van der Waals surface area contributed by atoms with E-state index >= 15 is 0 Å². The van der Waals surface area contributed by atoms with Crippen molar-refractivity contribution >= 4 is 36.3 Å². The average molecular weight is 524 g/mol. The lowest BCUT2D eigenvalue weighted by Crippen LogP contribution is -2.58. The molecule has 0 bridgehead atoms. The molecule has 0 spiro atoms. The summed E-state index contributed by atoms with van der Waals surface area (Å²) in [7, 11) is 0. The molecule has 2 heterocycles. The van der Waals surface area contributed by atoms with Crippen LogP contribution in [0, 0.1) is 0 Å². The Hall–Kier alpha value is -3.43. The number of carboxylic acid groups (broad SMARTS) is 1. The lowest BCUT2D eigenvalue weighted by atomic mass is 10.1. The molecule has 0 aromatic carbocycles. The van der Waals surface area contributed by atoms with Gasteiger partial charge in [0, 0.05) is 42.4 Å². The number of amides is 3. The van der Waals surface area contributed by atoms with Crippen molar-refractivity contribution in [2.24, 2.45) is 11.5 Å². The number of thiol groups is 1. The summed E-state index contributed by atoms with van der Waals surface area (Å²) < 4.78 is 0. The number of aromatic nitrogens is 4. The van der Waals surface area contributed by atoms with Gasteiger partial charge < -0.3 is 42.5 Å². The third-order valence-electron chi connectivity index (χ3n) is 5.33. The zero-order valence-electron chi connectivity index (χ0n) is 19.6. The van der Waals surface area contributed by atoms with Gasteiger partial charge >= 0.3 is 5.97 Å². The van der Waals surface area contributed by atoms with Gasteiger partial charge in [0.05, 0.1) is 18.7 Å². The van der Waals surface area contributed by atoms with E-state index in [0.29, 0.717) is 30.8 Å². The van der Waals surface area contributed by atoms with E-state index in [9.17, 15) is 24.3 Å². The molecule has 2 aromatic rings. The molecule has 0 aliphatic heterocycles. The quantitative estimate of drug-likeness (QED) is 0.0859. The van der Waals surface area contributed by atoms with Crippen molar-refractivity contribution in [1.29, 1.82) is 0 Å². The number of nitrogens with zero attached hydrogens (tertiary/aromatic N) is 2. The first-order valence-electron chi connectivity index (χ1n) is 11.4. The summed E-state index contributed by atoms with van der Waals surface area (Å²) in [5.74, 6) is -3.30. The first-order chi connectivity index (χ1) is 17.2. The van der Waals surface area contributed by atoms with Crippen molar-refractivity contribution in [2.45, 2.75) is 56.3 Å². The van der Waals surface area contributed by atoms with Gasteiger partial charge in [0.1, 0.15) is 18.1 Å². The number of carboxylic acids is 1. The number of unbranched alkanes of at least 4 members (excludes halogenated alkanes) is 1. The van der Waals surface area contributed by atoms with Gasteiger partial charge in [-0.1, -0.05) is 6.42 Å². The van der Waals surface area contributed by atoms with Crippen LogP contribution in [0.2, 0.25) is 0 Å². The molecule has 15 heteroatoms. The largest absolute Gasteiger partial charge is 0.480 e. The Morgan fingerprint density at radius 2 is 1.42 bits per heavy atom. The minimum absolute atomic E-state index is 0.0329. The van der Waals surface area contributed by atoms with E-state index in [1.807, 2.05) is 0 Å². The third-order valence-corrected chi connectivity index (χ3v) is 5.69. The summed E-state index contributed by atoms with van der Waals surface area (Å²) in [6.45, 7) is 0.483. The Bertz CT molecular complexity index is 971. The topological polar surface area (TPSA) is 234 Å². The maximum atomic E-state index is 13.1. The van der Waals surface area contributed by atoms with Gasteiger partial charge in [0.25, 0.3) is 0 Å². The van der Waals surface area contributed by atoms with Crippen LogP contribution < -0.4 is 27.4 Å². The fraction of sp³-hybridized carbons (Fsp3) is 0.524. The van der Waals surface area contributed by atoms with Gasteiger partial charge in [-0.3, -0.25) is 14.4 Å². The van der Waals surface area contributed by atoms with Crippen LogP contribution in [-0.4, -0.2) is 85.2 Å². The highest BCUT2D eigenvalue weighted by atomic mass is 32.1. The van der Waals surface area contributed by atoms with Crippen LogP contribution in [0.15, 0.2) is 25.0 Å². The van der Waals surface area contributed by atoms with Gasteiger partial charge in [-0.25, -0.2) is 14.8 Å². The number of aromatic amines is 2. The van der Waals surface area contributed by atoms with Crippen LogP contribution in [0.4, 0.5) is 0 Å². The molecule has 0 radical (unpaired) electrons. The molecule has 0 saturated carbocycles. The van der Waals surface area contributed by atoms with E-state index < -0.39 is 47.9 Å². The second kappa shape index (κ2) is 14.9. The summed E-state index contributed by atoms with van der Waals surface area (Å²) in [4.78, 5) is 63.4. The summed E-state index contributed by atoms with van der Waals surface area (Å²) in [6.07, 6.45) is 7.58. The summed E-state index contributed by atoms with van der Waals surface area (Å²) in [5, 5.41) is 17.0. The number of hydrogen-bond donors (Lipinski definition) is 9. The first-order valence-corrected chi connectivity index (χ1v) is 12.0. The number of nitrogens with one attached hydrogen (secondary N) is 5. The van der Waals surface area contributed by atoms with Gasteiger partial charge in [-0.15, -0.1) is 0 Å². The van der Waals surface area contributed by atoms with E-state index in [-0.39, 0.29) is 18.6 Å². The smallest absolute Gasteiger partial charge is 0.326 e. The molecule has 0 saturated heterocycles. The average Bonchev–Trinajstić information content (AvgIpc) is 3.55. The Labute approximate surface area is 213 Å². The highest BCUT2D eigenvalue weighted by Gasteiger charge is 2.30. The Morgan fingerprint density at radius 3 is 1.92 bits per heavy atom. The molecular weight excluding hydrogens is 490 g/mol. The maximum Gasteiger partial charge on any atom is 0.326 e. The highest BCUT2D eigenvalue weighted by molar-refractivity contribution is 7.80. The zero-order chi connectivity index (χ0) is 26.5. The van der Waals surface area contributed by atoms with Crippen molar-refractivity contribution in [1.82, 2.24) is 35.9 Å². The SMILES string of the molecule is NCCCCC(N)C(=O)NC(Cc1cnc[nH]1)C(=O)NC(CS)C(=O)NC(Cc1cnc[nH]1)C(=O)O. The monoisotopic (exact) mass is 523 g/mol. The molecular formula is C21H33N9O5S. The van der Waals surface area contributed by atoms with E-state index in [4.69, 9.17) is 11.5 Å². The number of H-pyrrole nitrogens is 2. The van der Waals surface area contributed by atoms with E-state index in [0.717, 1.165) is 6.42 Å². The number of carbonyl (C=O) groups excluding carboxylic acids is 3. The highest BCUT2D eigenvalue weighted by Crippen LogP contribution is 2.05. The van der Waals surface area contributed by atoms with Crippen molar-refractivity contribution in [3.8, 4) is 0 Å². The number of carbonyl (C=O) groups is 4. The lowest BCUT2D eigenvalue weighted by molar-refractivity contribution is -0.142. The normalized spacial score (nSPS) is 14.3. The fourth-order valence-electron chi connectivity index (χ4n) is 3.30. The minimum atomic E-state index is -1.26. The Balaban J connectivity index is 2.05. The number of aliphatic carboxylic acids is 1. The predicted octanol–water partition coefficient (Wildman–Crippen LogP) is -2.16. The van der Waals surface area contributed by atoms with Gasteiger partial charge in [-0.05, 0) is 19.4 Å². The van der Waals surface area contributed by atoms with Crippen LogP contribution in [0.3, 0.4) is 0 Å². The molecule has 198 valence electrons. The molecule has 4 unspecified atom stereocenters. The molecule has 10 N–H and O–H groups in total. The first kappa shape index (κ1) is 28.8. The van der Waals surface area contributed by atoms with E-state index in [2.05, 4.69) is 48.5 Å². The van der Waals surface area contributed by atoms with Gasteiger partial charge in [-0.2, -0.15) is 12.6 Å². The van der Waals surface area contributed by atoms with Crippen LogP contribution in [0.1, 0.15) is 30.7 Å². The van der Waals surface area contributed by atoms with Crippen LogP contribution in [0.25, 0.3) is 0 Å². The van der Waals surface area contributed by atoms with E-state index in [1.165, 1.54) is 25.0 Å². The second-order valence-corrected chi connectivity index (χ2v) is 8.52. The predicted molar refractivity (Wildman–Crippen MR) is 133 cm³/mol. The van der Waals surface area contributed by atoms with Crippen molar-refractivity contribution in [3.63, 3.8) is 0 Å². The summed E-state index contributed by atoms with van der Waals surface area (Å²) in [5.41, 5.74) is 12.5. The molecule has 3 amide bonds. The molecule has 2 aromatic heterocycles. The third kappa shape index (κ3) is 9.31. The lowest BCUT2D eigenvalue weighted by Gasteiger charge is -2.24. The Kier molecular flexibility index (Phi) is 11.9. The standard InChI is InChI=1S/C21H33N9O5S/c22-4-2-1-3-14(23)18(31)28-15(5-12-7-24-10-26-12)19(32)30-17(9-36)20(33)29-16(21(34)35)6-13-8-25-11-27-13/h7-8,10-11,14-17,36H,1-6,9,22-23H2,(H,24,26)(H,25,27)(H,28,31)(H,29,33)(H,30,32)(H,34,35). The van der Waals surface area contributed by atoms with Gasteiger partial charge in [0.2, 0.25) is 17.7 Å². The molecule has 14 nitrogen and oxygen atoms in total. The number of rotatable bonds is 16. The van der Waals surface area contributed by atoms with Gasteiger partial charge in [0.15, 0.2) is 0 Å². The minimum Gasteiger partial charge on any atom is -0.480 e. The summed E-state index contributed by atoms with van der Waals surface area (Å²) in [6, 6.07) is -4.33. The molecule has 0 aliphatic carbocycles. The van der Waals surface area contributed by atoms with Crippen LogP contribution >= 0.6 is 12.6 Å². The molecule has 0 fully saturated rings. The van der Waals surface area contributed by atoms with E-state index in [1.54, 1.807) is 0 Å². The summed E-state index contributed by atoms with van der Waals surface area (Å²) >= 11 is 4.13. The second-order valence-electron chi connectivity index (χ2n) is 8.16. The van der Waals surface area contributed by atoms with Crippen LogP contribution in [0.5, 0.6) is 0 Å². The molecule has 0 aliphatic rings. The number of imidazole rings is 2. The number of hydrogen-bond acceptors (Lipinski definition) is 9. The van der Waals surface area contributed by atoms with Crippen LogP contribution in [-0.2, 0) is 32.0 Å². The molecule has 4 atom stereocenters. The zero-order valence-corrected chi connectivity index (χ0v) is 20.5. The number of nitrogens with two attached hydrogens (primary N) is 2. The fourth-order valence-corrected chi connectivity index (χ4v) is 3.56. The maximum absolute atomic E-state index is 13.1. The van der Waals surface area contributed by atoms with Crippen molar-refractivity contribution < 1.29 is 24.3 Å². The van der Waals surface area contributed by atoms with Crippen molar-refractivity contribution in [2.75, 3.05) is 12.3 Å². The van der Waals surface area contributed by atoms with Crippen molar-refractivity contribution in [3.05, 3.63) is 36.4 Å². The molecule has 36 heavy (non-hydrogen) atoms.